The molecule has 0 N–H and O–H groups in total. The molecule has 0 aromatic carbocycles. The van der Waals surface area contributed by atoms with Gasteiger partial charge in [-0.25, -0.2) is 14.4 Å². The van der Waals surface area contributed by atoms with E-state index in [1.807, 2.05) is 0 Å². The van der Waals surface area contributed by atoms with Crippen LogP contribution in [-0.2, 0) is 23.9 Å². The van der Waals surface area contributed by atoms with Crippen LogP contribution in [0.5, 0.6) is 0 Å². The zero-order valence-corrected chi connectivity index (χ0v) is 8.24. The van der Waals surface area contributed by atoms with E-state index in [0.717, 1.165) is 18.9 Å². The molecule has 0 saturated heterocycles. The molecule has 1 heterocycles. The quantitative estimate of drug-likeness (QED) is 0.358. The second kappa shape index (κ2) is 4.54. The Bertz CT molecular complexity index is 340. The summed E-state index contributed by atoms with van der Waals surface area (Å²) in [7, 11) is 1.31. The van der Waals surface area contributed by atoms with Crippen molar-refractivity contribution in [3.63, 3.8) is 0 Å². The van der Waals surface area contributed by atoms with Crippen molar-refractivity contribution in [1.29, 1.82) is 0 Å². The van der Waals surface area contributed by atoms with E-state index in [-0.39, 0.29) is 0 Å². The van der Waals surface area contributed by atoms with E-state index in [2.05, 4.69) is 16.1 Å². The molecule has 0 unspecified atom stereocenters. The Balaban J connectivity index is 0.000000167. The van der Waals surface area contributed by atoms with Crippen molar-refractivity contribution in [3.8, 4) is 0 Å². The van der Waals surface area contributed by atoms with Gasteiger partial charge in [0.05, 0.1) is 7.11 Å². The number of carbonyl (C=O) groups is 3. The Hall–Kier alpha value is -1.91. The standard InChI is InChI=1S/C6H4O3.C4H6O2/c7-5-3-1-2-4(3)6(8)9-5;1-3-4(5)6-2/h1-2H2;3H,1H2,2H3. The highest BCUT2D eigenvalue weighted by Crippen LogP contribution is 2.34. The molecular formula is C10H10O5. The zero-order valence-electron chi connectivity index (χ0n) is 8.24. The van der Waals surface area contributed by atoms with Crippen molar-refractivity contribution < 1.29 is 23.9 Å². The normalized spacial score (nSPS) is 16.9. The third-order valence-corrected chi connectivity index (χ3v) is 2.04. The summed E-state index contributed by atoms with van der Waals surface area (Å²) in [6.07, 6.45) is 2.56. The van der Waals surface area contributed by atoms with Crippen molar-refractivity contribution in [2.24, 2.45) is 0 Å². The SMILES string of the molecule is C=CC(=O)OC.O=C1OC(=O)C2=C1CC2. The van der Waals surface area contributed by atoms with E-state index in [1.165, 1.54) is 7.11 Å². The largest absolute Gasteiger partial charge is 0.466 e. The first-order valence-corrected chi connectivity index (χ1v) is 4.29. The van der Waals surface area contributed by atoms with Gasteiger partial charge in [0.2, 0.25) is 0 Å². The summed E-state index contributed by atoms with van der Waals surface area (Å²) in [5.41, 5.74) is 1.19. The fourth-order valence-corrected chi connectivity index (χ4v) is 1.12. The Morgan fingerprint density at radius 2 is 1.80 bits per heavy atom. The molecule has 2 rings (SSSR count). The van der Waals surface area contributed by atoms with E-state index >= 15 is 0 Å². The molecule has 0 atom stereocenters. The number of esters is 3. The van der Waals surface area contributed by atoms with Crippen LogP contribution in [0, 0.1) is 0 Å². The molecule has 0 amide bonds. The van der Waals surface area contributed by atoms with Crippen LogP contribution in [0.2, 0.25) is 0 Å². The lowest BCUT2D eigenvalue weighted by Gasteiger charge is -2.07. The van der Waals surface area contributed by atoms with Gasteiger partial charge in [-0.2, -0.15) is 0 Å². The number of methoxy groups -OCH3 is 1. The molecule has 0 radical (unpaired) electrons. The van der Waals surface area contributed by atoms with Gasteiger partial charge in [0.1, 0.15) is 0 Å². The number of ether oxygens (including phenoxy) is 2. The average molecular weight is 210 g/mol. The lowest BCUT2D eigenvalue weighted by atomic mass is 9.91. The van der Waals surface area contributed by atoms with Gasteiger partial charge in [-0.3, -0.25) is 0 Å². The molecule has 0 bridgehead atoms. The molecule has 1 aliphatic heterocycles. The first-order valence-electron chi connectivity index (χ1n) is 4.29. The molecule has 5 heteroatoms. The van der Waals surface area contributed by atoms with Crippen molar-refractivity contribution in [3.05, 3.63) is 23.8 Å². The maximum Gasteiger partial charge on any atom is 0.342 e. The summed E-state index contributed by atoms with van der Waals surface area (Å²) in [4.78, 5) is 30.9. The summed E-state index contributed by atoms with van der Waals surface area (Å²) in [5.74, 6) is -1.25. The second-order valence-electron chi connectivity index (χ2n) is 2.86. The first-order chi connectivity index (χ1) is 7.10. The maximum absolute atomic E-state index is 10.5. The minimum atomic E-state index is -0.429. The average Bonchev–Trinajstić information content (AvgIpc) is 2.33. The number of carbonyl (C=O) groups excluding carboxylic acids is 3. The molecule has 0 fully saturated rings. The van der Waals surface area contributed by atoms with Crippen LogP contribution in [0.25, 0.3) is 0 Å². The van der Waals surface area contributed by atoms with E-state index in [1.54, 1.807) is 0 Å². The molecule has 5 nitrogen and oxygen atoms in total. The van der Waals surface area contributed by atoms with Gasteiger partial charge >= 0.3 is 17.9 Å². The third kappa shape index (κ3) is 2.31. The summed E-state index contributed by atoms with van der Waals surface area (Å²) in [5, 5.41) is 0. The lowest BCUT2D eigenvalue weighted by molar-refractivity contribution is -0.150. The molecule has 1 aliphatic carbocycles. The predicted molar refractivity (Wildman–Crippen MR) is 49.6 cm³/mol. The van der Waals surface area contributed by atoms with Crippen LogP contribution in [0.15, 0.2) is 23.8 Å². The highest BCUT2D eigenvalue weighted by molar-refractivity contribution is 6.14. The summed E-state index contributed by atoms with van der Waals surface area (Å²) < 4.78 is 8.44. The fourth-order valence-electron chi connectivity index (χ4n) is 1.12. The predicted octanol–water partition coefficient (Wildman–Crippen LogP) is 0.506. The van der Waals surface area contributed by atoms with Crippen molar-refractivity contribution >= 4 is 17.9 Å². The molecule has 80 valence electrons. The topological polar surface area (TPSA) is 69.7 Å². The molecule has 0 aromatic rings. The van der Waals surface area contributed by atoms with E-state index in [4.69, 9.17) is 0 Å². The molecule has 0 aromatic heterocycles. The number of rotatable bonds is 1. The molecule has 2 aliphatic rings. The Labute approximate surface area is 86.4 Å². The van der Waals surface area contributed by atoms with Gasteiger partial charge in [0.15, 0.2) is 0 Å². The minimum absolute atomic E-state index is 0.394. The van der Waals surface area contributed by atoms with Gasteiger partial charge in [-0.05, 0) is 12.8 Å². The van der Waals surface area contributed by atoms with Gasteiger partial charge in [-0.15, -0.1) is 0 Å². The van der Waals surface area contributed by atoms with Gasteiger partial charge in [0, 0.05) is 17.2 Å². The van der Waals surface area contributed by atoms with Gasteiger partial charge in [-0.1, -0.05) is 6.58 Å². The molecular weight excluding hydrogens is 200 g/mol. The summed E-state index contributed by atoms with van der Waals surface area (Å²) >= 11 is 0. The van der Waals surface area contributed by atoms with Gasteiger partial charge < -0.3 is 9.47 Å². The fraction of sp³-hybridized carbons (Fsp3) is 0.300. The van der Waals surface area contributed by atoms with Gasteiger partial charge in [0.25, 0.3) is 0 Å². The molecule has 0 spiro atoms. The minimum Gasteiger partial charge on any atom is -0.466 e. The summed E-state index contributed by atoms with van der Waals surface area (Å²) in [6.45, 7) is 3.16. The summed E-state index contributed by atoms with van der Waals surface area (Å²) in [6, 6.07) is 0. The number of cyclic esters (lactones) is 2. The van der Waals surface area contributed by atoms with Crippen LogP contribution < -0.4 is 0 Å². The smallest absolute Gasteiger partial charge is 0.342 e. The highest BCUT2D eigenvalue weighted by Gasteiger charge is 2.38. The molecule has 15 heavy (non-hydrogen) atoms. The van der Waals surface area contributed by atoms with Crippen molar-refractivity contribution in [2.75, 3.05) is 7.11 Å². The van der Waals surface area contributed by atoms with Crippen LogP contribution in [-0.4, -0.2) is 25.0 Å². The van der Waals surface area contributed by atoms with Crippen LogP contribution in [0.4, 0.5) is 0 Å². The Morgan fingerprint density at radius 3 is 1.93 bits per heavy atom. The van der Waals surface area contributed by atoms with E-state index in [0.29, 0.717) is 11.1 Å². The third-order valence-electron chi connectivity index (χ3n) is 2.04. The Morgan fingerprint density at radius 1 is 1.33 bits per heavy atom. The van der Waals surface area contributed by atoms with Crippen LogP contribution in [0.3, 0.4) is 0 Å². The highest BCUT2D eigenvalue weighted by atomic mass is 16.6. The maximum atomic E-state index is 10.5. The van der Waals surface area contributed by atoms with Crippen LogP contribution >= 0.6 is 0 Å². The van der Waals surface area contributed by atoms with Crippen LogP contribution in [0.1, 0.15) is 12.8 Å². The Kier molecular flexibility index (Phi) is 3.38. The monoisotopic (exact) mass is 210 g/mol. The number of hydrogen-bond donors (Lipinski definition) is 0. The lowest BCUT2D eigenvalue weighted by Crippen LogP contribution is -2.05. The number of hydrogen-bond acceptors (Lipinski definition) is 5. The van der Waals surface area contributed by atoms with E-state index < -0.39 is 17.9 Å². The first kappa shape index (κ1) is 11.2. The van der Waals surface area contributed by atoms with Crippen molar-refractivity contribution in [2.45, 2.75) is 12.8 Å². The molecule has 0 saturated carbocycles. The second-order valence-corrected chi connectivity index (χ2v) is 2.86. The van der Waals surface area contributed by atoms with Crippen molar-refractivity contribution in [1.82, 2.24) is 0 Å². The zero-order chi connectivity index (χ0) is 11.4. The van der Waals surface area contributed by atoms with E-state index in [9.17, 15) is 14.4 Å².